The molecular weight excluding hydrogens is 807 g/mol. The first-order valence-corrected chi connectivity index (χ1v) is 19.3. The monoisotopic (exact) mass is 840 g/mol. The molecule has 2 unspecified atom stereocenters. The van der Waals surface area contributed by atoms with Gasteiger partial charge in [-0.1, -0.05) is 42.5 Å². The SMILES string of the molecule is FC(F)(F)c1ccccc1C(c1cn[nH]c1)N(c1ccc(OCc2ccco2)cc1)N(c1ccc(OCc2cccs2)cc1)C(c1cn[nH]c1)c1ccccc1C(F)(F)F. The van der Waals surface area contributed by atoms with Gasteiger partial charge >= 0.3 is 12.4 Å². The number of alkyl halides is 6. The highest BCUT2D eigenvalue weighted by molar-refractivity contribution is 7.09. The number of halogens is 6. The summed E-state index contributed by atoms with van der Waals surface area (Å²) in [6, 6.07) is 27.9. The molecule has 60 heavy (non-hydrogen) atoms. The second kappa shape index (κ2) is 17.1. The number of aromatic amines is 2. The van der Waals surface area contributed by atoms with Crippen molar-refractivity contribution < 1.29 is 40.2 Å². The summed E-state index contributed by atoms with van der Waals surface area (Å²) >= 11 is 1.52. The second-order valence-electron chi connectivity index (χ2n) is 13.5. The van der Waals surface area contributed by atoms with Gasteiger partial charge in [-0.3, -0.25) is 20.2 Å². The van der Waals surface area contributed by atoms with Crippen molar-refractivity contribution in [3.63, 3.8) is 0 Å². The first-order chi connectivity index (χ1) is 29.0. The fraction of sp³-hybridized carbons (Fsp3) is 0.136. The highest BCUT2D eigenvalue weighted by Gasteiger charge is 2.43. The van der Waals surface area contributed by atoms with E-state index in [4.69, 9.17) is 13.9 Å². The number of nitrogens with one attached hydrogen (secondary N) is 2. The molecule has 16 heteroatoms. The molecule has 0 radical (unpaired) electrons. The summed E-state index contributed by atoms with van der Waals surface area (Å²) in [6.07, 6.45) is -2.43. The lowest BCUT2D eigenvalue weighted by molar-refractivity contribution is -0.139. The largest absolute Gasteiger partial charge is 0.488 e. The van der Waals surface area contributed by atoms with Crippen molar-refractivity contribution >= 4 is 22.7 Å². The smallest absolute Gasteiger partial charge is 0.416 e. The van der Waals surface area contributed by atoms with Crippen LogP contribution in [-0.4, -0.2) is 20.4 Å². The van der Waals surface area contributed by atoms with Crippen LogP contribution in [0.2, 0.25) is 0 Å². The van der Waals surface area contributed by atoms with Crippen LogP contribution in [0.3, 0.4) is 0 Å². The maximum atomic E-state index is 15.1. The summed E-state index contributed by atoms with van der Waals surface area (Å²) in [7, 11) is 0. The van der Waals surface area contributed by atoms with E-state index in [1.54, 1.807) is 70.7 Å². The standard InChI is InChI=1S/C44H34F6N6O3S/c45-43(46,47)39-11-3-1-9-37(39)41(29-23-51-52-24-29)55(31-13-17-33(18-14-31)58-27-35-7-5-21-57-35)56(32-15-19-34(20-16-32)59-28-36-8-6-22-60-36)42(30-25-53-54-26-30)38-10-2-4-12-40(38)44(48,49)50/h1-26,41-42H,27-28H2,(H,51,52)(H,53,54). The van der Waals surface area contributed by atoms with E-state index >= 15 is 26.3 Å². The van der Waals surface area contributed by atoms with Crippen LogP contribution < -0.4 is 19.5 Å². The zero-order valence-electron chi connectivity index (χ0n) is 31.3. The van der Waals surface area contributed by atoms with Crippen LogP contribution in [0.25, 0.3) is 0 Å². The third-order valence-electron chi connectivity index (χ3n) is 9.64. The molecule has 0 spiro atoms. The minimum Gasteiger partial charge on any atom is -0.488 e. The summed E-state index contributed by atoms with van der Waals surface area (Å²) in [5, 5.41) is 18.7. The summed E-state index contributed by atoms with van der Waals surface area (Å²) in [4.78, 5) is 0.971. The Morgan fingerprint density at radius 3 is 1.50 bits per heavy atom. The quantitative estimate of drug-likeness (QED) is 0.0784. The van der Waals surface area contributed by atoms with Crippen LogP contribution >= 0.6 is 11.3 Å². The van der Waals surface area contributed by atoms with E-state index < -0.39 is 35.6 Å². The number of aromatic nitrogens is 4. The van der Waals surface area contributed by atoms with Gasteiger partial charge in [-0.2, -0.15) is 36.5 Å². The van der Waals surface area contributed by atoms with Crippen LogP contribution in [0.15, 0.2) is 162 Å². The summed E-state index contributed by atoms with van der Waals surface area (Å²) in [5.41, 5.74) is -1.13. The van der Waals surface area contributed by atoms with Crippen LogP contribution in [0.1, 0.15) is 56.1 Å². The number of furan rings is 1. The second-order valence-corrected chi connectivity index (χ2v) is 14.5. The average molecular weight is 841 g/mol. The first kappa shape index (κ1) is 39.9. The Hall–Kier alpha value is -6.94. The highest BCUT2D eigenvalue weighted by Crippen LogP contribution is 2.48. The van der Waals surface area contributed by atoms with Crippen molar-refractivity contribution in [2.24, 2.45) is 0 Å². The normalized spacial score (nSPS) is 12.8. The Bertz CT molecular complexity index is 2370. The molecule has 306 valence electrons. The van der Waals surface area contributed by atoms with E-state index in [9.17, 15) is 0 Å². The molecule has 4 heterocycles. The van der Waals surface area contributed by atoms with Gasteiger partial charge in [0.2, 0.25) is 0 Å². The number of ether oxygens (including phenoxy) is 2. The Morgan fingerprint density at radius 2 is 1.08 bits per heavy atom. The van der Waals surface area contributed by atoms with Crippen molar-refractivity contribution in [1.82, 2.24) is 20.4 Å². The molecule has 0 aliphatic heterocycles. The molecule has 0 aliphatic rings. The van der Waals surface area contributed by atoms with E-state index in [2.05, 4.69) is 20.4 Å². The summed E-state index contributed by atoms with van der Waals surface area (Å²) < 4.78 is 108. The number of nitrogens with zero attached hydrogens (tertiary/aromatic N) is 4. The van der Waals surface area contributed by atoms with Crippen molar-refractivity contribution in [3.8, 4) is 11.5 Å². The van der Waals surface area contributed by atoms with Crippen molar-refractivity contribution in [2.45, 2.75) is 37.7 Å². The number of hydrogen-bond donors (Lipinski definition) is 2. The molecule has 0 bridgehead atoms. The van der Waals surface area contributed by atoms with Gasteiger partial charge in [0.15, 0.2) is 0 Å². The van der Waals surface area contributed by atoms with E-state index in [-0.39, 0.29) is 35.5 Å². The minimum atomic E-state index is -4.83. The lowest BCUT2D eigenvalue weighted by Crippen LogP contribution is -2.49. The number of rotatable bonds is 15. The van der Waals surface area contributed by atoms with Gasteiger partial charge in [-0.15, -0.1) is 11.3 Å². The molecule has 9 nitrogen and oxygen atoms in total. The van der Waals surface area contributed by atoms with E-state index in [0.717, 1.165) is 17.0 Å². The number of H-pyrrole nitrogens is 2. The van der Waals surface area contributed by atoms with Crippen LogP contribution in [0.5, 0.6) is 11.5 Å². The van der Waals surface area contributed by atoms with Gasteiger partial charge in [0, 0.05) is 28.4 Å². The summed E-state index contributed by atoms with van der Waals surface area (Å²) in [5.74, 6) is 1.42. The number of thiophene rings is 1. The number of benzene rings is 4. The summed E-state index contributed by atoms with van der Waals surface area (Å²) in [6.45, 7) is 0.366. The van der Waals surface area contributed by atoms with Gasteiger partial charge < -0.3 is 13.9 Å². The van der Waals surface area contributed by atoms with Crippen molar-refractivity contribution in [3.05, 3.63) is 202 Å². The fourth-order valence-electron chi connectivity index (χ4n) is 7.00. The fourth-order valence-corrected chi connectivity index (χ4v) is 7.61. The van der Waals surface area contributed by atoms with Gasteiger partial charge in [0.1, 0.15) is 42.6 Å². The van der Waals surface area contributed by atoms with Gasteiger partial charge in [0.05, 0.1) is 41.2 Å². The molecule has 0 saturated heterocycles. The lowest BCUT2D eigenvalue weighted by atomic mass is 9.92. The van der Waals surface area contributed by atoms with Crippen molar-refractivity contribution in [2.75, 3.05) is 10.0 Å². The Morgan fingerprint density at radius 1 is 0.583 bits per heavy atom. The van der Waals surface area contributed by atoms with Gasteiger partial charge in [-0.25, -0.2) is 0 Å². The zero-order valence-corrected chi connectivity index (χ0v) is 32.1. The molecule has 0 saturated carbocycles. The molecule has 2 atom stereocenters. The van der Waals surface area contributed by atoms with Gasteiger partial charge in [0.25, 0.3) is 0 Å². The molecule has 8 rings (SSSR count). The van der Waals surface area contributed by atoms with E-state index in [0.29, 0.717) is 28.6 Å². The molecule has 0 aliphatic carbocycles. The Balaban J connectivity index is 1.38. The highest BCUT2D eigenvalue weighted by atomic mass is 32.1. The Labute approximate surface area is 343 Å². The molecular formula is C44H34F6N6O3S. The van der Waals surface area contributed by atoms with Crippen LogP contribution in [0, 0.1) is 0 Å². The lowest BCUT2D eigenvalue weighted by Gasteiger charge is -2.48. The number of anilines is 2. The van der Waals surface area contributed by atoms with Crippen LogP contribution in [-0.2, 0) is 25.6 Å². The zero-order chi connectivity index (χ0) is 41.7. The third-order valence-corrected chi connectivity index (χ3v) is 10.5. The topological polar surface area (TPSA) is 95.4 Å². The first-order valence-electron chi connectivity index (χ1n) is 18.4. The number of hydrazine groups is 1. The molecule has 0 fully saturated rings. The van der Waals surface area contributed by atoms with Crippen LogP contribution in [0.4, 0.5) is 37.7 Å². The minimum absolute atomic E-state index is 0.0937. The molecule has 8 aromatic rings. The van der Waals surface area contributed by atoms with E-state index in [1.807, 2.05) is 17.5 Å². The Kier molecular flexibility index (Phi) is 11.4. The van der Waals surface area contributed by atoms with Gasteiger partial charge in [-0.05, 0) is 95.4 Å². The maximum Gasteiger partial charge on any atom is 0.416 e. The molecule has 4 aromatic carbocycles. The van der Waals surface area contributed by atoms with E-state index in [1.165, 1.54) is 78.8 Å². The maximum absolute atomic E-state index is 15.1. The predicted octanol–water partition coefficient (Wildman–Crippen LogP) is 11.8. The average Bonchev–Trinajstić information content (AvgIpc) is 4.11. The third kappa shape index (κ3) is 8.73. The number of hydrogen-bond acceptors (Lipinski definition) is 8. The molecule has 4 aromatic heterocycles. The predicted molar refractivity (Wildman–Crippen MR) is 213 cm³/mol. The molecule has 0 amide bonds. The molecule has 2 N–H and O–H groups in total. The van der Waals surface area contributed by atoms with Crippen molar-refractivity contribution in [1.29, 1.82) is 0 Å².